The van der Waals surface area contributed by atoms with E-state index in [9.17, 15) is 4.79 Å². The van der Waals surface area contributed by atoms with Gasteiger partial charge in [0.05, 0.1) is 20.8 Å². The number of rotatable bonds is 2. The van der Waals surface area contributed by atoms with Gasteiger partial charge in [0.1, 0.15) is 11.3 Å². The van der Waals surface area contributed by atoms with Crippen LogP contribution in [0.1, 0.15) is 39.9 Å². The van der Waals surface area contributed by atoms with Crippen molar-refractivity contribution in [3.8, 4) is 0 Å². The molecule has 0 spiro atoms. The van der Waals surface area contributed by atoms with Crippen LogP contribution in [0, 0.1) is 6.92 Å². The maximum Gasteiger partial charge on any atom is 0.256 e. The number of hydrogen-bond acceptors (Lipinski definition) is 5. The number of hydrogen-bond donors (Lipinski definition) is 0. The van der Waals surface area contributed by atoms with Gasteiger partial charge in [-0.25, -0.2) is 15.0 Å². The number of aromatic nitrogens is 4. The summed E-state index contributed by atoms with van der Waals surface area (Å²) in [4.78, 5) is 29.1. The van der Waals surface area contributed by atoms with Crippen molar-refractivity contribution in [2.24, 2.45) is 7.05 Å². The Balaban J connectivity index is 1.45. The molecule has 1 aliphatic heterocycles. The van der Waals surface area contributed by atoms with Gasteiger partial charge in [0.2, 0.25) is 0 Å². The van der Waals surface area contributed by atoms with Crippen LogP contribution < -0.4 is 0 Å². The highest BCUT2D eigenvalue weighted by Gasteiger charge is 2.29. The normalized spacial score (nSPS) is 17.5. The lowest BCUT2D eigenvalue weighted by molar-refractivity contribution is 0.0709. The van der Waals surface area contributed by atoms with Crippen molar-refractivity contribution in [2.45, 2.75) is 25.7 Å². The van der Waals surface area contributed by atoms with Crippen LogP contribution in [0.15, 0.2) is 36.5 Å². The number of aryl methyl sites for hydroxylation is 2. The first kappa shape index (κ1) is 17.3. The molecule has 0 bridgehead atoms. The first-order valence-electron chi connectivity index (χ1n) is 9.54. The number of likely N-dealkylation sites (tertiary alicyclic amines) is 1. The average Bonchev–Trinajstić information content (AvgIpc) is 3.29. The van der Waals surface area contributed by atoms with E-state index in [1.54, 1.807) is 23.6 Å². The predicted molar refractivity (Wildman–Crippen MR) is 111 cm³/mol. The fourth-order valence-electron chi connectivity index (χ4n) is 3.96. The third-order valence-corrected chi connectivity index (χ3v) is 6.78. The van der Waals surface area contributed by atoms with Gasteiger partial charge in [0.15, 0.2) is 5.65 Å². The van der Waals surface area contributed by atoms with E-state index >= 15 is 0 Å². The summed E-state index contributed by atoms with van der Waals surface area (Å²) in [5.41, 5.74) is 3.13. The van der Waals surface area contributed by atoms with Crippen LogP contribution in [-0.2, 0) is 7.05 Å². The number of imidazole rings is 1. The Bertz CT molecular complexity index is 1160. The van der Waals surface area contributed by atoms with Gasteiger partial charge < -0.3 is 9.47 Å². The molecule has 1 atom stereocenters. The van der Waals surface area contributed by atoms with E-state index in [0.29, 0.717) is 17.6 Å². The Kier molecular flexibility index (Phi) is 4.12. The lowest BCUT2D eigenvalue weighted by Crippen LogP contribution is -2.39. The summed E-state index contributed by atoms with van der Waals surface area (Å²) >= 11 is 1.75. The van der Waals surface area contributed by atoms with E-state index in [0.717, 1.165) is 41.4 Å². The molecule has 1 amide bonds. The lowest BCUT2D eigenvalue weighted by atomic mass is 9.98. The van der Waals surface area contributed by atoms with Crippen molar-refractivity contribution in [3.63, 3.8) is 0 Å². The molecule has 0 N–H and O–H groups in total. The van der Waals surface area contributed by atoms with Crippen molar-refractivity contribution < 1.29 is 4.79 Å². The first-order valence-corrected chi connectivity index (χ1v) is 10.4. The maximum atomic E-state index is 13.3. The van der Waals surface area contributed by atoms with Crippen molar-refractivity contribution in [1.29, 1.82) is 0 Å². The van der Waals surface area contributed by atoms with Crippen LogP contribution in [-0.4, -0.2) is 43.4 Å². The summed E-state index contributed by atoms with van der Waals surface area (Å²) in [7, 11) is 1.93. The van der Waals surface area contributed by atoms with E-state index < -0.39 is 0 Å². The summed E-state index contributed by atoms with van der Waals surface area (Å²) in [6.45, 7) is 3.41. The summed E-state index contributed by atoms with van der Waals surface area (Å²) in [5, 5.41) is 1.13. The van der Waals surface area contributed by atoms with Gasteiger partial charge in [-0.15, -0.1) is 11.3 Å². The monoisotopic (exact) mass is 391 g/mol. The van der Waals surface area contributed by atoms with Crippen molar-refractivity contribution >= 4 is 38.6 Å². The molecule has 3 aromatic heterocycles. The number of amides is 1. The summed E-state index contributed by atoms with van der Waals surface area (Å²) in [6, 6.07) is 10.0. The zero-order valence-corrected chi connectivity index (χ0v) is 16.7. The van der Waals surface area contributed by atoms with E-state index in [1.165, 1.54) is 4.70 Å². The summed E-state index contributed by atoms with van der Waals surface area (Å²) in [5.74, 6) is 1.18. The zero-order valence-electron chi connectivity index (χ0n) is 15.9. The molecule has 1 unspecified atom stereocenters. The van der Waals surface area contributed by atoms with E-state index in [4.69, 9.17) is 4.98 Å². The minimum Gasteiger partial charge on any atom is -0.338 e. The quantitative estimate of drug-likeness (QED) is 0.520. The molecular weight excluding hydrogens is 370 g/mol. The molecule has 0 aliphatic carbocycles. The molecule has 0 radical (unpaired) electrons. The largest absolute Gasteiger partial charge is 0.338 e. The number of nitrogens with zero attached hydrogens (tertiary/aromatic N) is 5. The molecule has 4 heterocycles. The number of para-hydroxylation sites is 1. The second kappa shape index (κ2) is 6.67. The first-order chi connectivity index (χ1) is 13.6. The predicted octanol–water partition coefficient (Wildman–Crippen LogP) is 3.91. The molecule has 142 valence electrons. The average molecular weight is 392 g/mol. The number of piperidine rings is 1. The molecule has 1 aliphatic rings. The molecule has 1 aromatic carbocycles. The molecule has 28 heavy (non-hydrogen) atoms. The minimum atomic E-state index is 0.0383. The molecule has 4 aromatic rings. The summed E-state index contributed by atoms with van der Waals surface area (Å²) in [6.07, 6.45) is 3.76. The smallest absolute Gasteiger partial charge is 0.256 e. The van der Waals surface area contributed by atoms with E-state index in [1.807, 2.05) is 35.6 Å². The van der Waals surface area contributed by atoms with Gasteiger partial charge in [-0.3, -0.25) is 4.79 Å². The van der Waals surface area contributed by atoms with Crippen molar-refractivity contribution in [3.05, 3.63) is 52.9 Å². The fraction of sp³-hybridized carbons (Fsp3) is 0.333. The molecule has 1 saturated heterocycles. The Morgan fingerprint density at radius 1 is 1.21 bits per heavy atom. The number of benzene rings is 1. The summed E-state index contributed by atoms with van der Waals surface area (Å²) < 4.78 is 3.13. The Labute approximate surface area is 166 Å². The van der Waals surface area contributed by atoms with Crippen LogP contribution in [0.2, 0.25) is 0 Å². The van der Waals surface area contributed by atoms with Gasteiger partial charge in [0, 0.05) is 32.3 Å². The standard InChI is InChI=1S/C21H21N5OS/c1-13-23-18-15(9-10-22-19(18)25(13)2)21(27)26-11-5-6-14(12-26)20-24-16-7-3-4-8-17(16)28-20/h3-4,7-10,14H,5-6,11-12H2,1-2H3. The number of thiazole rings is 1. The highest BCUT2D eigenvalue weighted by molar-refractivity contribution is 7.18. The molecule has 5 rings (SSSR count). The number of carbonyl (C=O) groups is 1. The van der Waals surface area contributed by atoms with Crippen molar-refractivity contribution in [2.75, 3.05) is 13.1 Å². The SMILES string of the molecule is Cc1nc2c(C(=O)N3CCCC(c4nc5ccccc5s4)C3)ccnc2n1C. The van der Waals surface area contributed by atoms with Gasteiger partial charge in [-0.2, -0.15) is 0 Å². The number of fused-ring (bicyclic) bond motifs is 2. The van der Waals surface area contributed by atoms with E-state index in [2.05, 4.69) is 22.1 Å². The van der Waals surface area contributed by atoms with Crippen LogP contribution in [0.3, 0.4) is 0 Å². The van der Waals surface area contributed by atoms with Gasteiger partial charge >= 0.3 is 0 Å². The molecule has 7 heteroatoms. The van der Waals surface area contributed by atoms with Gasteiger partial charge in [0.25, 0.3) is 5.91 Å². The van der Waals surface area contributed by atoms with Gasteiger partial charge in [-0.05, 0) is 38.0 Å². The van der Waals surface area contributed by atoms with Crippen LogP contribution in [0.5, 0.6) is 0 Å². The lowest BCUT2D eigenvalue weighted by Gasteiger charge is -2.32. The molecular formula is C21H21N5OS. The Morgan fingerprint density at radius 3 is 2.93 bits per heavy atom. The van der Waals surface area contributed by atoms with Crippen LogP contribution >= 0.6 is 11.3 Å². The third-order valence-electron chi connectivity index (χ3n) is 5.58. The zero-order chi connectivity index (χ0) is 19.3. The van der Waals surface area contributed by atoms with Crippen LogP contribution in [0.25, 0.3) is 21.4 Å². The highest BCUT2D eigenvalue weighted by atomic mass is 32.1. The molecule has 0 saturated carbocycles. The Morgan fingerprint density at radius 2 is 2.07 bits per heavy atom. The molecule has 6 nitrogen and oxygen atoms in total. The Hall–Kier alpha value is -2.80. The second-order valence-electron chi connectivity index (χ2n) is 7.36. The topological polar surface area (TPSA) is 63.9 Å². The van der Waals surface area contributed by atoms with Crippen LogP contribution in [0.4, 0.5) is 0 Å². The third kappa shape index (κ3) is 2.77. The van der Waals surface area contributed by atoms with Crippen molar-refractivity contribution in [1.82, 2.24) is 24.4 Å². The van der Waals surface area contributed by atoms with E-state index in [-0.39, 0.29) is 11.8 Å². The number of carbonyl (C=O) groups excluding carboxylic acids is 1. The fourth-order valence-corrected chi connectivity index (χ4v) is 5.05. The number of pyridine rings is 1. The van der Waals surface area contributed by atoms with Gasteiger partial charge in [-0.1, -0.05) is 12.1 Å². The highest BCUT2D eigenvalue weighted by Crippen LogP contribution is 2.33. The minimum absolute atomic E-state index is 0.0383. The molecule has 1 fully saturated rings. The maximum absolute atomic E-state index is 13.3. The second-order valence-corrected chi connectivity index (χ2v) is 8.42.